The summed E-state index contributed by atoms with van der Waals surface area (Å²) in [6, 6.07) is 3.03. The third-order valence-electron chi connectivity index (χ3n) is 5.21. The van der Waals surface area contributed by atoms with Gasteiger partial charge in [0.05, 0.1) is 17.9 Å². The van der Waals surface area contributed by atoms with Crippen LogP contribution in [0.25, 0.3) is 18.3 Å². The van der Waals surface area contributed by atoms with E-state index >= 15 is 0 Å². The van der Waals surface area contributed by atoms with E-state index in [0.29, 0.717) is 39.2 Å². The molecular formula is C25H29N7O4. The summed E-state index contributed by atoms with van der Waals surface area (Å²) in [5.41, 5.74) is 0.645. The van der Waals surface area contributed by atoms with Gasteiger partial charge in [0, 0.05) is 30.2 Å². The number of imidazole rings is 1. The van der Waals surface area contributed by atoms with Gasteiger partial charge in [-0.25, -0.2) is 19.3 Å². The number of fused-ring (bicyclic) bond motifs is 2. The SMILES string of the molecule is C=C1/C=c2/c(nccc2=C)OCC(C)NC(=O)c2cnc3c(N(C)C(=O)OC(C)(C)C)cc(nn23)N1. The van der Waals surface area contributed by atoms with Crippen LogP contribution in [0.3, 0.4) is 0 Å². The number of rotatable bonds is 1. The Bertz CT molecular complexity index is 1470. The summed E-state index contributed by atoms with van der Waals surface area (Å²) in [5, 5.41) is 11.9. The van der Waals surface area contributed by atoms with Gasteiger partial charge in [-0.3, -0.25) is 9.69 Å². The molecular weight excluding hydrogens is 462 g/mol. The quantitative estimate of drug-likeness (QED) is 0.529. The zero-order chi connectivity index (χ0) is 26.2. The highest BCUT2D eigenvalue weighted by molar-refractivity contribution is 5.96. The Hall–Kier alpha value is -4.41. The molecule has 0 fully saturated rings. The number of anilines is 2. The van der Waals surface area contributed by atoms with Gasteiger partial charge < -0.3 is 20.1 Å². The van der Waals surface area contributed by atoms with Crippen molar-refractivity contribution in [2.45, 2.75) is 39.3 Å². The fourth-order valence-electron chi connectivity index (χ4n) is 3.52. The van der Waals surface area contributed by atoms with E-state index in [4.69, 9.17) is 9.47 Å². The van der Waals surface area contributed by atoms with Crippen molar-refractivity contribution in [1.82, 2.24) is 24.9 Å². The fraction of sp³-hybridized carbons (Fsp3) is 0.320. The number of nitrogens with zero attached hydrogens (tertiary/aromatic N) is 5. The molecule has 11 nitrogen and oxygen atoms in total. The van der Waals surface area contributed by atoms with E-state index < -0.39 is 17.6 Å². The fourth-order valence-corrected chi connectivity index (χ4v) is 3.52. The van der Waals surface area contributed by atoms with Gasteiger partial charge in [0.25, 0.3) is 5.91 Å². The summed E-state index contributed by atoms with van der Waals surface area (Å²) in [7, 11) is 1.57. The first-order valence-corrected chi connectivity index (χ1v) is 11.3. The second-order valence-corrected chi connectivity index (χ2v) is 9.50. The summed E-state index contributed by atoms with van der Waals surface area (Å²) in [4.78, 5) is 35.9. The third kappa shape index (κ3) is 5.14. The summed E-state index contributed by atoms with van der Waals surface area (Å²) in [6.07, 6.45) is 4.17. The lowest BCUT2D eigenvalue weighted by Crippen LogP contribution is -2.39. The van der Waals surface area contributed by atoms with Gasteiger partial charge >= 0.3 is 6.09 Å². The van der Waals surface area contributed by atoms with E-state index in [1.165, 1.54) is 15.6 Å². The van der Waals surface area contributed by atoms with Crippen LogP contribution in [0, 0.1) is 0 Å². The molecule has 1 aliphatic rings. The van der Waals surface area contributed by atoms with E-state index in [1.54, 1.807) is 52.2 Å². The Balaban J connectivity index is 1.87. The molecule has 2 N–H and O–H groups in total. The average Bonchev–Trinajstić information content (AvgIpc) is 3.21. The summed E-state index contributed by atoms with van der Waals surface area (Å²) < 4.78 is 12.8. The van der Waals surface area contributed by atoms with Crippen molar-refractivity contribution in [3.05, 3.63) is 52.9 Å². The number of hydrogen-bond acceptors (Lipinski definition) is 8. The van der Waals surface area contributed by atoms with E-state index in [0.717, 1.165) is 0 Å². The highest BCUT2D eigenvalue weighted by Crippen LogP contribution is 2.26. The third-order valence-corrected chi connectivity index (χ3v) is 5.21. The number of carbonyl (C=O) groups excluding carboxylic acids is 2. The maximum Gasteiger partial charge on any atom is 0.414 e. The predicted octanol–water partition coefficient (Wildman–Crippen LogP) is 1.82. The number of nitrogens with one attached hydrogen (secondary N) is 2. The first kappa shape index (κ1) is 24.7. The summed E-state index contributed by atoms with van der Waals surface area (Å²) >= 11 is 0. The lowest BCUT2D eigenvalue weighted by molar-refractivity contribution is 0.0589. The number of amides is 2. The molecule has 4 rings (SSSR count). The van der Waals surface area contributed by atoms with Crippen molar-refractivity contribution < 1.29 is 19.1 Å². The highest BCUT2D eigenvalue weighted by atomic mass is 16.6. The molecule has 1 unspecified atom stereocenters. The molecule has 2 bridgehead atoms. The number of pyridine rings is 1. The predicted molar refractivity (Wildman–Crippen MR) is 136 cm³/mol. The second-order valence-electron chi connectivity index (χ2n) is 9.50. The van der Waals surface area contributed by atoms with Crippen molar-refractivity contribution in [3.8, 4) is 5.88 Å². The number of carbonyl (C=O) groups is 2. The van der Waals surface area contributed by atoms with Crippen LogP contribution in [-0.4, -0.2) is 56.9 Å². The van der Waals surface area contributed by atoms with Gasteiger partial charge in [0.1, 0.15) is 12.2 Å². The van der Waals surface area contributed by atoms with Crippen LogP contribution < -0.4 is 30.7 Å². The summed E-state index contributed by atoms with van der Waals surface area (Å²) in [5.74, 6) is 0.279. The minimum Gasteiger partial charge on any atom is -0.475 e. The molecule has 0 aromatic carbocycles. The highest BCUT2D eigenvalue weighted by Gasteiger charge is 2.26. The Morgan fingerprint density at radius 3 is 2.78 bits per heavy atom. The zero-order valence-electron chi connectivity index (χ0n) is 21.0. The van der Waals surface area contributed by atoms with Crippen LogP contribution in [0.2, 0.25) is 0 Å². The molecule has 3 aromatic rings. The standard InChI is InChI=1S/C25H29N7O4/c1-14-8-9-26-23-17(14)10-15(2)28-20-11-18(31(7)24(34)36-25(4,5)6)21-27-12-19(32(21)30-20)22(33)29-16(3)13-35-23/h8-12,16H,1-2,13H2,3-7H3,(H,28,30)(H,29,33)/b17-10+. The van der Waals surface area contributed by atoms with Gasteiger partial charge in [-0.1, -0.05) is 13.2 Å². The molecule has 0 spiro atoms. The van der Waals surface area contributed by atoms with Gasteiger partial charge in [-0.15, -0.1) is 5.10 Å². The molecule has 0 aliphatic carbocycles. The van der Waals surface area contributed by atoms with Crippen LogP contribution >= 0.6 is 0 Å². The number of ether oxygens (including phenoxy) is 2. The van der Waals surface area contributed by atoms with E-state index in [9.17, 15) is 9.59 Å². The minimum atomic E-state index is -0.696. The average molecular weight is 492 g/mol. The molecule has 1 atom stereocenters. The van der Waals surface area contributed by atoms with Gasteiger partial charge in [-0.2, -0.15) is 0 Å². The molecule has 188 valence electrons. The van der Waals surface area contributed by atoms with Crippen LogP contribution in [0.1, 0.15) is 38.2 Å². The second kappa shape index (κ2) is 9.33. The maximum atomic E-state index is 13.1. The smallest absolute Gasteiger partial charge is 0.414 e. The molecule has 36 heavy (non-hydrogen) atoms. The molecule has 0 saturated heterocycles. The Morgan fingerprint density at radius 2 is 2.06 bits per heavy atom. The molecule has 2 amide bonds. The minimum absolute atomic E-state index is 0.172. The largest absolute Gasteiger partial charge is 0.475 e. The number of hydrogen-bond donors (Lipinski definition) is 2. The summed E-state index contributed by atoms with van der Waals surface area (Å²) in [6.45, 7) is 15.5. The topological polar surface area (TPSA) is 123 Å². The molecule has 0 saturated carbocycles. The van der Waals surface area contributed by atoms with Crippen molar-refractivity contribution in [2.24, 2.45) is 0 Å². The molecule has 1 aliphatic heterocycles. The Labute approximate surface area is 208 Å². The lowest BCUT2D eigenvalue weighted by atomic mass is 10.2. The van der Waals surface area contributed by atoms with Crippen molar-refractivity contribution >= 4 is 41.8 Å². The zero-order valence-corrected chi connectivity index (χ0v) is 21.0. The maximum absolute atomic E-state index is 13.1. The van der Waals surface area contributed by atoms with Crippen LogP contribution in [0.15, 0.2) is 36.8 Å². The normalized spacial score (nSPS) is 17.1. The molecule has 3 aromatic heterocycles. The molecule has 11 heteroatoms. The number of allylic oxidation sites excluding steroid dienone is 1. The molecule has 0 radical (unpaired) electrons. The lowest BCUT2D eigenvalue weighted by Gasteiger charge is -2.25. The van der Waals surface area contributed by atoms with Crippen molar-refractivity contribution in [1.29, 1.82) is 0 Å². The first-order valence-electron chi connectivity index (χ1n) is 11.3. The van der Waals surface area contributed by atoms with Gasteiger partial charge in [0.2, 0.25) is 5.88 Å². The van der Waals surface area contributed by atoms with Crippen LogP contribution in [0.5, 0.6) is 5.88 Å². The van der Waals surface area contributed by atoms with Crippen molar-refractivity contribution in [3.63, 3.8) is 0 Å². The molecule has 4 heterocycles. The first-order chi connectivity index (χ1) is 16.9. The van der Waals surface area contributed by atoms with Gasteiger partial charge in [-0.05, 0) is 45.1 Å². The van der Waals surface area contributed by atoms with Crippen LogP contribution in [0.4, 0.5) is 16.3 Å². The number of aromatic nitrogens is 4. The van der Waals surface area contributed by atoms with Crippen molar-refractivity contribution in [2.75, 3.05) is 23.9 Å². The van der Waals surface area contributed by atoms with E-state index in [2.05, 4.69) is 38.9 Å². The van der Waals surface area contributed by atoms with E-state index in [-0.39, 0.29) is 18.3 Å². The van der Waals surface area contributed by atoms with Crippen LogP contribution in [-0.2, 0) is 4.74 Å². The Kier molecular flexibility index (Phi) is 6.40. The monoisotopic (exact) mass is 491 g/mol. The van der Waals surface area contributed by atoms with E-state index in [1.807, 2.05) is 6.92 Å². The van der Waals surface area contributed by atoms with Gasteiger partial charge in [0.15, 0.2) is 17.2 Å². The Morgan fingerprint density at radius 1 is 1.31 bits per heavy atom.